The van der Waals surface area contributed by atoms with Gasteiger partial charge in [-0.25, -0.2) is 4.98 Å². The van der Waals surface area contributed by atoms with Crippen LogP contribution in [0.2, 0.25) is 0 Å². The van der Waals surface area contributed by atoms with E-state index in [0.29, 0.717) is 18.3 Å². The van der Waals surface area contributed by atoms with E-state index in [0.717, 1.165) is 23.1 Å². The quantitative estimate of drug-likeness (QED) is 0.894. The first-order valence-electron chi connectivity index (χ1n) is 6.81. The van der Waals surface area contributed by atoms with Gasteiger partial charge in [0.2, 0.25) is 5.91 Å². The van der Waals surface area contributed by atoms with Crippen molar-refractivity contribution >= 4 is 27.7 Å². The topological polar surface area (TPSA) is 54.0 Å². The number of amides is 1. The highest BCUT2D eigenvalue weighted by Gasteiger charge is 2.14. The molecule has 2 rings (SSSR count). The number of rotatable bonds is 4. The molecule has 0 aromatic carbocycles. The van der Waals surface area contributed by atoms with E-state index in [1.165, 1.54) is 19.3 Å². The van der Waals surface area contributed by atoms with Crippen molar-refractivity contribution in [3.8, 4) is 0 Å². The second-order valence-corrected chi connectivity index (χ2v) is 5.85. The first-order valence-corrected chi connectivity index (χ1v) is 7.61. The molecule has 2 N–H and O–H groups in total. The Morgan fingerprint density at radius 1 is 1.53 bits per heavy atom. The molecule has 4 nitrogen and oxygen atoms in total. The van der Waals surface area contributed by atoms with E-state index in [-0.39, 0.29) is 5.91 Å². The number of aromatic nitrogens is 1. The molecule has 1 amide bonds. The van der Waals surface area contributed by atoms with Gasteiger partial charge >= 0.3 is 0 Å². The number of nitrogens with zero attached hydrogens (tertiary/aromatic N) is 1. The van der Waals surface area contributed by atoms with Crippen molar-refractivity contribution < 1.29 is 4.79 Å². The Bertz CT molecular complexity index is 444. The normalized spacial score (nSPS) is 19.2. The summed E-state index contributed by atoms with van der Waals surface area (Å²) in [5.74, 6) is 0.670. The maximum Gasteiger partial charge on any atom is 0.225 e. The largest absolute Gasteiger partial charge is 0.314 e. The number of piperidine rings is 1. The Labute approximate surface area is 122 Å². The number of carbonyl (C=O) groups is 1. The fourth-order valence-electron chi connectivity index (χ4n) is 2.29. The van der Waals surface area contributed by atoms with Crippen LogP contribution in [0.3, 0.4) is 0 Å². The molecule has 1 aliphatic rings. The second-order valence-electron chi connectivity index (χ2n) is 5.00. The molecular weight excluding hydrogens is 306 g/mol. The molecule has 0 saturated carbocycles. The third-order valence-electron chi connectivity index (χ3n) is 3.42. The number of hydrogen-bond donors (Lipinski definition) is 2. The maximum absolute atomic E-state index is 11.9. The van der Waals surface area contributed by atoms with Gasteiger partial charge in [-0.2, -0.15) is 0 Å². The molecule has 0 spiro atoms. The summed E-state index contributed by atoms with van der Waals surface area (Å²) in [6, 6.07) is 4.22. The van der Waals surface area contributed by atoms with Crippen LogP contribution in [0.25, 0.3) is 0 Å². The van der Waals surface area contributed by atoms with Gasteiger partial charge in [-0.05, 0) is 60.8 Å². The minimum Gasteiger partial charge on any atom is -0.314 e. The zero-order valence-corrected chi connectivity index (χ0v) is 12.8. The van der Waals surface area contributed by atoms with Gasteiger partial charge in [-0.1, -0.05) is 6.42 Å². The van der Waals surface area contributed by atoms with Crippen molar-refractivity contribution in [3.05, 3.63) is 22.3 Å². The van der Waals surface area contributed by atoms with E-state index in [1.54, 1.807) is 0 Å². The minimum absolute atomic E-state index is 0.0431. The molecular formula is C14H20BrN3O. The first-order chi connectivity index (χ1) is 9.15. The van der Waals surface area contributed by atoms with Crippen LogP contribution in [-0.4, -0.2) is 23.5 Å². The number of nitrogens with one attached hydrogen (secondary N) is 2. The van der Waals surface area contributed by atoms with Gasteiger partial charge in [0.05, 0.1) is 5.69 Å². The second kappa shape index (κ2) is 7.01. The Kier molecular flexibility index (Phi) is 5.34. The van der Waals surface area contributed by atoms with Crippen LogP contribution in [-0.2, 0) is 4.79 Å². The molecule has 1 aromatic heterocycles. The van der Waals surface area contributed by atoms with E-state index in [2.05, 4.69) is 31.5 Å². The van der Waals surface area contributed by atoms with Gasteiger partial charge in [0, 0.05) is 16.9 Å². The zero-order chi connectivity index (χ0) is 13.7. The molecule has 19 heavy (non-hydrogen) atoms. The van der Waals surface area contributed by atoms with Gasteiger partial charge in [0.1, 0.15) is 5.82 Å². The number of carbonyl (C=O) groups excluding carboxylic acids is 1. The molecule has 0 radical (unpaired) electrons. The van der Waals surface area contributed by atoms with Crippen molar-refractivity contribution in [3.63, 3.8) is 0 Å². The average Bonchev–Trinajstić information content (AvgIpc) is 2.42. The van der Waals surface area contributed by atoms with E-state index in [1.807, 2.05) is 19.1 Å². The van der Waals surface area contributed by atoms with Crippen molar-refractivity contribution in [1.82, 2.24) is 10.3 Å². The van der Waals surface area contributed by atoms with Crippen LogP contribution in [0.15, 0.2) is 16.6 Å². The van der Waals surface area contributed by atoms with Gasteiger partial charge in [-0.3, -0.25) is 4.79 Å². The molecule has 5 heteroatoms. The number of pyridine rings is 1. The summed E-state index contributed by atoms with van der Waals surface area (Å²) >= 11 is 3.39. The van der Waals surface area contributed by atoms with Gasteiger partial charge in [-0.15, -0.1) is 0 Å². The van der Waals surface area contributed by atoms with E-state index in [4.69, 9.17) is 0 Å². The van der Waals surface area contributed by atoms with Crippen LogP contribution in [0.4, 0.5) is 5.82 Å². The summed E-state index contributed by atoms with van der Waals surface area (Å²) in [4.78, 5) is 16.2. The summed E-state index contributed by atoms with van der Waals surface area (Å²) < 4.78 is 0.955. The molecule has 1 aliphatic heterocycles. The standard InChI is InChI=1S/C14H20BrN3O/c1-10-12(15)6-7-13(17-10)18-14(19)8-5-11-4-2-3-9-16-11/h6-7,11,16H,2-5,8-9H2,1H3,(H,17,18,19). The van der Waals surface area contributed by atoms with Crippen LogP contribution in [0.1, 0.15) is 37.8 Å². The Morgan fingerprint density at radius 3 is 3.05 bits per heavy atom. The highest BCUT2D eigenvalue weighted by molar-refractivity contribution is 9.10. The number of halogens is 1. The van der Waals surface area contributed by atoms with Crippen LogP contribution in [0, 0.1) is 6.92 Å². The molecule has 1 unspecified atom stereocenters. The molecule has 2 heterocycles. The highest BCUT2D eigenvalue weighted by Crippen LogP contribution is 2.17. The van der Waals surface area contributed by atoms with E-state index in [9.17, 15) is 4.79 Å². The smallest absolute Gasteiger partial charge is 0.225 e. The lowest BCUT2D eigenvalue weighted by molar-refractivity contribution is -0.116. The average molecular weight is 326 g/mol. The number of anilines is 1. The summed E-state index contributed by atoms with van der Waals surface area (Å²) in [6.07, 6.45) is 5.16. The molecule has 0 aliphatic carbocycles. The summed E-state index contributed by atoms with van der Waals surface area (Å²) in [7, 11) is 0. The van der Waals surface area contributed by atoms with Crippen molar-refractivity contribution in [1.29, 1.82) is 0 Å². The fraction of sp³-hybridized carbons (Fsp3) is 0.571. The number of hydrogen-bond acceptors (Lipinski definition) is 3. The van der Waals surface area contributed by atoms with Gasteiger partial charge in [0.25, 0.3) is 0 Å². The fourth-order valence-corrected chi connectivity index (χ4v) is 2.52. The SMILES string of the molecule is Cc1nc(NC(=O)CCC2CCCCN2)ccc1Br. The lowest BCUT2D eigenvalue weighted by Crippen LogP contribution is -2.34. The van der Waals surface area contributed by atoms with Crippen LogP contribution < -0.4 is 10.6 Å². The Hall–Kier alpha value is -0.940. The van der Waals surface area contributed by atoms with Gasteiger partial charge < -0.3 is 10.6 Å². The maximum atomic E-state index is 11.9. The Morgan fingerprint density at radius 2 is 2.37 bits per heavy atom. The van der Waals surface area contributed by atoms with Crippen molar-refractivity contribution in [2.45, 2.75) is 45.1 Å². The van der Waals surface area contributed by atoms with Crippen molar-refractivity contribution in [2.75, 3.05) is 11.9 Å². The molecule has 1 fully saturated rings. The van der Waals surface area contributed by atoms with Gasteiger partial charge in [0.15, 0.2) is 0 Å². The van der Waals surface area contributed by atoms with Crippen LogP contribution >= 0.6 is 15.9 Å². The van der Waals surface area contributed by atoms with E-state index >= 15 is 0 Å². The molecule has 104 valence electrons. The molecule has 1 atom stereocenters. The number of aryl methyl sites for hydroxylation is 1. The minimum atomic E-state index is 0.0431. The van der Waals surface area contributed by atoms with Crippen LogP contribution in [0.5, 0.6) is 0 Å². The molecule has 1 aromatic rings. The first kappa shape index (κ1) is 14.5. The highest BCUT2D eigenvalue weighted by atomic mass is 79.9. The van der Waals surface area contributed by atoms with Crippen molar-refractivity contribution in [2.24, 2.45) is 0 Å². The lowest BCUT2D eigenvalue weighted by atomic mass is 10.0. The third-order valence-corrected chi connectivity index (χ3v) is 4.26. The Balaban J connectivity index is 1.78. The molecule has 1 saturated heterocycles. The van der Waals surface area contributed by atoms with E-state index < -0.39 is 0 Å². The zero-order valence-electron chi connectivity index (χ0n) is 11.2. The predicted molar refractivity (Wildman–Crippen MR) is 80.2 cm³/mol. The monoisotopic (exact) mass is 325 g/mol. The summed E-state index contributed by atoms with van der Waals surface area (Å²) in [5.41, 5.74) is 0.881. The third kappa shape index (κ3) is 4.58. The molecule has 0 bridgehead atoms. The predicted octanol–water partition coefficient (Wildman–Crippen LogP) is 3.01. The summed E-state index contributed by atoms with van der Waals surface area (Å²) in [6.45, 7) is 2.99. The lowest BCUT2D eigenvalue weighted by Gasteiger charge is -2.22. The summed E-state index contributed by atoms with van der Waals surface area (Å²) in [5, 5.41) is 6.30.